The van der Waals surface area contributed by atoms with Crippen LogP contribution in [-0.4, -0.2) is 21.4 Å². The first-order chi connectivity index (χ1) is 7.24. The molecule has 80 valence electrons. The van der Waals surface area contributed by atoms with E-state index in [1.54, 1.807) is 5.51 Å². The van der Waals surface area contributed by atoms with Crippen LogP contribution in [0.1, 0.15) is 18.4 Å². The molecule has 2 aromatic rings. The Morgan fingerprint density at radius 3 is 3.07 bits per heavy atom. The normalized spacial score (nSPS) is 12.7. The summed E-state index contributed by atoms with van der Waals surface area (Å²) in [5.41, 5.74) is 2.61. The van der Waals surface area contributed by atoms with Gasteiger partial charge in [0.25, 0.3) is 0 Å². The standard InChI is InChI=1S/C9H12N4OS/c1-6(11-9-12-10-5-15-9)3-8-4-7(2)13-14-8/h4-6H,3H2,1-2H3,(H,11,12). The minimum absolute atomic E-state index is 0.255. The van der Waals surface area contributed by atoms with E-state index in [0.717, 1.165) is 23.0 Å². The first-order valence-electron chi connectivity index (χ1n) is 4.69. The van der Waals surface area contributed by atoms with Gasteiger partial charge in [-0.3, -0.25) is 0 Å². The molecule has 0 spiro atoms. The zero-order valence-corrected chi connectivity index (χ0v) is 9.41. The van der Waals surface area contributed by atoms with E-state index < -0.39 is 0 Å². The third kappa shape index (κ3) is 2.76. The monoisotopic (exact) mass is 224 g/mol. The van der Waals surface area contributed by atoms with Gasteiger partial charge in [-0.1, -0.05) is 16.5 Å². The van der Waals surface area contributed by atoms with E-state index in [1.807, 2.05) is 13.0 Å². The number of nitrogens with zero attached hydrogens (tertiary/aromatic N) is 3. The van der Waals surface area contributed by atoms with Crippen molar-refractivity contribution in [2.45, 2.75) is 26.3 Å². The highest BCUT2D eigenvalue weighted by Crippen LogP contribution is 2.12. The molecular weight excluding hydrogens is 212 g/mol. The summed E-state index contributed by atoms with van der Waals surface area (Å²) in [6.07, 6.45) is 0.792. The van der Waals surface area contributed by atoms with Crippen LogP contribution in [0, 0.1) is 6.92 Å². The molecule has 2 heterocycles. The van der Waals surface area contributed by atoms with Crippen LogP contribution in [-0.2, 0) is 6.42 Å². The molecule has 1 N–H and O–H groups in total. The molecule has 0 aliphatic heterocycles. The average Bonchev–Trinajstić information content (AvgIpc) is 2.77. The van der Waals surface area contributed by atoms with Gasteiger partial charge in [-0.05, 0) is 13.8 Å². The molecule has 6 heteroatoms. The number of aromatic nitrogens is 3. The second-order valence-corrected chi connectivity index (χ2v) is 4.26. The van der Waals surface area contributed by atoms with Crippen LogP contribution in [0.5, 0.6) is 0 Å². The minimum Gasteiger partial charge on any atom is -0.361 e. The molecule has 0 saturated carbocycles. The zero-order chi connectivity index (χ0) is 10.7. The van der Waals surface area contributed by atoms with Crippen LogP contribution in [0.2, 0.25) is 0 Å². The Bertz CT molecular complexity index is 411. The molecule has 1 atom stereocenters. The van der Waals surface area contributed by atoms with Crippen molar-refractivity contribution in [1.82, 2.24) is 15.4 Å². The van der Waals surface area contributed by atoms with E-state index in [4.69, 9.17) is 4.52 Å². The quantitative estimate of drug-likeness (QED) is 0.859. The largest absolute Gasteiger partial charge is 0.361 e. The van der Waals surface area contributed by atoms with Gasteiger partial charge in [0, 0.05) is 18.5 Å². The second kappa shape index (κ2) is 4.39. The lowest BCUT2D eigenvalue weighted by Gasteiger charge is -2.09. The molecule has 5 nitrogen and oxygen atoms in total. The Labute approximate surface area is 91.5 Å². The van der Waals surface area contributed by atoms with Crippen LogP contribution in [0.4, 0.5) is 5.13 Å². The van der Waals surface area contributed by atoms with E-state index in [2.05, 4.69) is 27.6 Å². The second-order valence-electron chi connectivity index (χ2n) is 3.43. The number of hydrogen-bond donors (Lipinski definition) is 1. The van der Waals surface area contributed by atoms with Crippen LogP contribution >= 0.6 is 11.3 Å². The van der Waals surface area contributed by atoms with Crippen molar-refractivity contribution in [3.8, 4) is 0 Å². The maximum Gasteiger partial charge on any atom is 0.205 e. The van der Waals surface area contributed by atoms with Gasteiger partial charge in [0.15, 0.2) is 0 Å². The molecule has 0 radical (unpaired) electrons. The third-order valence-electron chi connectivity index (χ3n) is 1.91. The van der Waals surface area contributed by atoms with E-state index in [-0.39, 0.29) is 6.04 Å². The van der Waals surface area contributed by atoms with Gasteiger partial charge in [0.2, 0.25) is 5.13 Å². The zero-order valence-electron chi connectivity index (χ0n) is 8.60. The highest BCUT2D eigenvalue weighted by Gasteiger charge is 2.08. The molecule has 0 fully saturated rings. The van der Waals surface area contributed by atoms with Gasteiger partial charge >= 0.3 is 0 Å². The first-order valence-corrected chi connectivity index (χ1v) is 5.57. The Balaban J connectivity index is 1.90. The van der Waals surface area contributed by atoms with Crippen molar-refractivity contribution in [3.63, 3.8) is 0 Å². The Hall–Kier alpha value is -1.43. The van der Waals surface area contributed by atoms with Crippen LogP contribution in [0.25, 0.3) is 0 Å². The molecule has 2 rings (SSSR count). The molecule has 0 aliphatic carbocycles. The smallest absolute Gasteiger partial charge is 0.205 e. The summed E-state index contributed by atoms with van der Waals surface area (Å²) in [6, 6.07) is 2.20. The van der Waals surface area contributed by atoms with Gasteiger partial charge in [0.1, 0.15) is 11.3 Å². The summed E-state index contributed by atoms with van der Waals surface area (Å²) in [4.78, 5) is 0. The number of hydrogen-bond acceptors (Lipinski definition) is 6. The molecular formula is C9H12N4OS. The molecule has 2 aromatic heterocycles. The summed E-state index contributed by atoms with van der Waals surface area (Å²) < 4.78 is 5.13. The lowest BCUT2D eigenvalue weighted by Crippen LogP contribution is -2.17. The summed E-state index contributed by atoms with van der Waals surface area (Å²) in [5.74, 6) is 0.886. The predicted octanol–water partition coefficient (Wildman–Crippen LogP) is 1.88. The van der Waals surface area contributed by atoms with E-state index in [0.29, 0.717) is 0 Å². The van der Waals surface area contributed by atoms with Crippen LogP contribution < -0.4 is 5.32 Å². The molecule has 15 heavy (non-hydrogen) atoms. The lowest BCUT2D eigenvalue weighted by molar-refractivity contribution is 0.375. The minimum atomic E-state index is 0.255. The summed E-state index contributed by atoms with van der Waals surface area (Å²) in [5, 5.41) is 15.6. The first kappa shape index (κ1) is 10.1. The van der Waals surface area contributed by atoms with Crippen molar-refractivity contribution in [1.29, 1.82) is 0 Å². The van der Waals surface area contributed by atoms with Crippen LogP contribution in [0.15, 0.2) is 16.1 Å². The molecule has 0 amide bonds. The molecule has 0 bridgehead atoms. The number of rotatable bonds is 4. The Morgan fingerprint density at radius 1 is 1.60 bits per heavy atom. The van der Waals surface area contributed by atoms with Crippen molar-refractivity contribution in [2.24, 2.45) is 0 Å². The SMILES string of the molecule is Cc1cc(CC(C)Nc2nncs2)on1. The maximum atomic E-state index is 5.13. The van der Waals surface area contributed by atoms with Crippen molar-refractivity contribution in [3.05, 3.63) is 23.0 Å². The maximum absolute atomic E-state index is 5.13. The van der Waals surface area contributed by atoms with Gasteiger partial charge < -0.3 is 9.84 Å². The van der Waals surface area contributed by atoms with Crippen molar-refractivity contribution in [2.75, 3.05) is 5.32 Å². The summed E-state index contributed by atoms with van der Waals surface area (Å²) >= 11 is 1.49. The third-order valence-corrected chi connectivity index (χ3v) is 2.54. The van der Waals surface area contributed by atoms with E-state index >= 15 is 0 Å². The van der Waals surface area contributed by atoms with Gasteiger partial charge in [-0.2, -0.15) is 0 Å². The fourth-order valence-corrected chi connectivity index (χ4v) is 1.87. The average molecular weight is 224 g/mol. The Morgan fingerprint density at radius 2 is 2.47 bits per heavy atom. The van der Waals surface area contributed by atoms with Crippen molar-refractivity contribution < 1.29 is 4.52 Å². The number of aryl methyl sites for hydroxylation is 1. The fourth-order valence-electron chi connectivity index (χ4n) is 1.31. The molecule has 0 saturated heterocycles. The van der Waals surface area contributed by atoms with Gasteiger partial charge in [-0.15, -0.1) is 10.2 Å². The molecule has 0 aromatic carbocycles. The topological polar surface area (TPSA) is 63.8 Å². The van der Waals surface area contributed by atoms with Crippen LogP contribution in [0.3, 0.4) is 0 Å². The summed E-state index contributed by atoms with van der Waals surface area (Å²) in [6.45, 7) is 3.98. The fraction of sp³-hybridized carbons (Fsp3) is 0.444. The highest BCUT2D eigenvalue weighted by molar-refractivity contribution is 7.13. The Kier molecular flexibility index (Phi) is 2.96. The van der Waals surface area contributed by atoms with E-state index in [9.17, 15) is 0 Å². The molecule has 1 unspecified atom stereocenters. The summed E-state index contributed by atoms with van der Waals surface area (Å²) in [7, 11) is 0. The number of nitrogens with one attached hydrogen (secondary N) is 1. The molecule has 0 aliphatic rings. The van der Waals surface area contributed by atoms with E-state index in [1.165, 1.54) is 11.3 Å². The highest BCUT2D eigenvalue weighted by atomic mass is 32.1. The predicted molar refractivity (Wildman–Crippen MR) is 57.9 cm³/mol. The van der Waals surface area contributed by atoms with Gasteiger partial charge in [0.05, 0.1) is 5.69 Å². The van der Waals surface area contributed by atoms with Gasteiger partial charge in [-0.25, -0.2) is 0 Å². The lowest BCUT2D eigenvalue weighted by atomic mass is 10.2. The number of anilines is 1. The van der Waals surface area contributed by atoms with Crippen molar-refractivity contribution >= 4 is 16.5 Å².